The summed E-state index contributed by atoms with van der Waals surface area (Å²) < 4.78 is 0.675. The minimum absolute atomic E-state index is 0.00199. The van der Waals surface area contributed by atoms with Crippen molar-refractivity contribution in [2.45, 2.75) is 13.3 Å². The van der Waals surface area contributed by atoms with Gasteiger partial charge in [-0.1, -0.05) is 13.0 Å². The van der Waals surface area contributed by atoms with Gasteiger partial charge in [-0.25, -0.2) is 0 Å². The van der Waals surface area contributed by atoms with Gasteiger partial charge < -0.3 is 0 Å². The summed E-state index contributed by atoms with van der Waals surface area (Å²) in [4.78, 5) is 11.4. The molecule has 1 rings (SSSR count). The van der Waals surface area contributed by atoms with Crippen LogP contribution in [0.25, 0.3) is 0 Å². The zero-order valence-corrected chi connectivity index (χ0v) is 8.76. The predicted molar refractivity (Wildman–Crippen MR) is 53.5 cm³/mol. The number of halogens is 1. The van der Waals surface area contributed by atoms with Gasteiger partial charge in [-0.3, -0.25) is 4.79 Å². The van der Waals surface area contributed by atoms with Crippen LogP contribution in [0, 0.1) is 11.3 Å². The Kier molecular flexibility index (Phi) is 3.21. The van der Waals surface area contributed by atoms with Crippen LogP contribution < -0.4 is 0 Å². The molecule has 0 aliphatic carbocycles. The molecule has 66 valence electrons. The first kappa shape index (κ1) is 9.94. The van der Waals surface area contributed by atoms with Gasteiger partial charge in [-0.15, -0.1) is 0 Å². The van der Waals surface area contributed by atoms with Crippen LogP contribution in [0.5, 0.6) is 0 Å². The predicted octanol–water partition coefficient (Wildman–Crippen LogP) is 2.91. The van der Waals surface area contributed by atoms with Gasteiger partial charge in [0.1, 0.15) is 6.07 Å². The SMILES string of the molecule is CCC(=O)c1cccc(Br)c1C#N. The third-order valence-electron chi connectivity index (χ3n) is 1.75. The van der Waals surface area contributed by atoms with Crippen LogP contribution in [-0.2, 0) is 0 Å². The first-order valence-corrected chi connectivity index (χ1v) is 4.71. The Bertz CT molecular complexity index is 379. The van der Waals surface area contributed by atoms with E-state index in [-0.39, 0.29) is 5.78 Å². The highest BCUT2D eigenvalue weighted by atomic mass is 79.9. The number of ketones is 1. The number of hydrogen-bond donors (Lipinski definition) is 0. The smallest absolute Gasteiger partial charge is 0.163 e. The molecule has 1 aromatic rings. The van der Waals surface area contributed by atoms with Crippen molar-refractivity contribution in [1.29, 1.82) is 5.26 Å². The Morgan fingerprint density at radius 3 is 2.85 bits per heavy atom. The van der Waals surface area contributed by atoms with E-state index >= 15 is 0 Å². The molecular weight excluding hydrogens is 230 g/mol. The Balaban J connectivity index is 3.30. The molecule has 0 N–H and O–H groups in total. The summed E-state index contributed by atoms with van der Waals surface area (Å²) in [7, 11) is 0. The van der Waals surface area contributed by atoms with E-state index in [4.69, 9.17) is 5.26 Å². The van der Waals surface area contributed by atoms with Crippen molar-refractivity contribution in [3.05, 3.63) is 33.8 Å². The van der Waals surface area contributed by atoms with Crippen molar-refractivity contribution < 1.29 is 4.79 Å². The van der Waals surface area contributed by atoms with Crippen molar-refractivity contribution >= 4 is 21.7 Å². The van der Waals surface area contributed by atoms with Crippen molar-refractivity contribution in [1.82, 2.24) is 0 Å². The maximum atomic E-state index is 11.4. The molecule has 0 unspecified atom stereocenters. The van der Waals surface area contributed by atoms with Gasteiger partial charge >= 0.3 is 0 Å². The van der Waals surface area contributed by atoms with E-state index in [0.29, 0.717) is 22.0 Å². The number of rotatable bonds is 2. The summed E-state index contributed by atoms with van der Waals surface area (Å²) >= 11 is 3.23. The van der Waals surface area contributed by atoms with Crippen LogP contribution in [0.3, 0.4) is 0 Å². The molecule has 0 radical (unpaired) electrons. The third-order valence-corrected chi connectivity index (χ3v) is 2.41. The number of hydrogen-bond acceptors (Lipinski definition) is 2. The zero-order valence-electron chi connectivity index (χ0n) is 7.17. The molecule has 3 heteroatoms. The molecule has 0 aliphatic heterocycles. The lowest BCUT2D eigenvalue weighted by Crippen LogP contribution is -2.00. The Morgan fingerprint density at radius 1 is 1.62 bits per heavy atom. The van der Waals surface area contributed by atoms with E-state index in [2.05, 4.69) is 15.9 Å². The fraction of sp³-hybridized carbons (Fsp3) is 0.200. The molecule has 0 spiro atoms. The van der Waals surface area contributed by atoms with Crippen LogP contribution in [-0.4, -0.2) is 5.78 Å². The quantitative estimate of drug-likeness (QED) is 0.743. The molecule has 0 atom stereocenters. The van der Waals surface area contributed by atoms with Gasteiger partial charge in [0.2, 0.25) is 0 Å². The van der Waals surface area contributed by atoms with Gasteiger partial charge in [-0.05, 0) is 28.1 Å². The Labute approximate surface area is 85.3 Å². The van der Waals surface area contributed by atoms with Gasteiger partial charge in [0, 0.05) is 16.5 Å². The molecule has 0 saturated carbocycles. The largest absolute Gasteiger partial charge is 0.294 e. The molecule has 0 aromatic heterocycles. The number of Topliss-reactive ketones (excluding diaryl/α,β-unsaturated/α-hetero) is 1. The van der Waals surface area contributed by atoms with Crippen molar-refractivity contribution in [3.8, 4) is 6.07 Å². The summed E-state index contributed by atoms with van der Waals surface area (Å²) in [5.74, 6) is -0.00199. The molecule has 0 bridgehead atoms. The number of carbonyl (C=O) groups is 1. The maximum Gasteiger partial charge on any atom is 0.163 e. The summed E-state index contributed by atoms with van der Waals surface area (Å²) in [5.41, 5.74) is 0.925. The second-order valence-electron chi connectivity index (χ2n) is 2.55. The topological polar surface area (TPSA) is 40.9 Å². The molecule has 0 saturated heterocycles. The minimum Gasteiger partial charge on any atom is -0.294 e. The second kappa shape index (κ2) is 4.20. The first-order chi connectivity index (χ1) is 6.20. The van der Waals surface area contributed by atoms with Crippen molar-refractivity contribution in [3.63, 3.8) is 0 Å². The van der Waals surface area contributed by atoms with Crippen LogP contribution in [0.2, 0.25) is 0 Å². The molecule has 13 heavy (non-hydrogen) atoms. The molecule has 2 nitrogen and oxygen atoms in total. The summed E-state index contributed by atoms with van der Waals surface area (Å²) in [5, 5.41) is 8.81. The number of benzene rings is 1. The fourth-order valence-electron chi connectivity index (χ4n) is 1.06. The van der Waals surface area contributed by atoms with Crippen LogP contribution in [0.4, 0.5) is 0 Å². The van der Waals surface area contributed by atoms with E-state index in [0.717, 1.165) is 0 Å². The first-order valence-electron chi connectivity index (χ1n) is 3.92. The summed E-state index contributed by atoms with van der Waals surface area (Å²) in [6.45, 7) is 1.78. The fourth-order valence-corrected chi connectivity index (χ4v) is 1.52. The number of nitriles is 1. The van der Waals surface area contributed by atoms with Crippen LogP contribution in [0.15, 0.2) is 22.7 Å². The van der Waals surface area contributed by atoms with Crippen LogP contribution in [0.1, 0.15) is 29.3 Å². The highest BCUT2D eigenvalue weighted by molar-refractivity contribution is 9.10. The Morgan fingerprint density at radius 2 is 2.31 bits per heavy atom. The lowest BCUT2D eigenvalue weighted by atomic mass is 10.0. The standard InChI is InChI=1S/C10H8BrNO/c1-2-10(13)7-4-3-5-9(11)8(7)6-12/h3-5H,2H2,1H3. The summed E-state index contributed by atoms with van der Waals surface area (Å²) in [6, 6.07) is 7.20. The summed E-state index contributed by atoms with van der Waals surface area (Å²) in [6.07, 6.45) is 0.422. The van der Waals surface area contributed by atoms with Crippen LogP contribution >= 0.6 is 15.9 Å². The molecular formula is C10H8BrNO. The maximum absolute atomic E-state index is 11.4. The molecule has 1 aromatic carbocycles. The number of nitrogens with zero attached hydrogens (tertiary/aromatic N) is 1. The van der Waals surface area contributed by atoms with Gasteiger partial charge in [0.05, 0.1) is 5.56 Å². The molecule has 0 heterocycles. The van der Waals surface area contributed by atoms with E-state index in [9.17, 15) is 4.79 Å². The van der Waals surface area contributed by atoms with Gasteiger partial charge in [0.25, 0.3) is 0 Å². The third kappa shape index (κ3) is 1.96. The van der Waals surface area contributed by atoms with E-state index in [1.165, 1.54) is 0 Å². The molecule has 0 fully saturated rings. The van der Waals surface area contributed by atoms with Crippen molar-refractivity contribution in [2.24, 2.45) is 0 Å². The second-order valence-corrected chi connectivity index (χ2v) is 3.41. The minimum atomic E-state index is -0.00199. The van der Waals surface area contributed by atoms with E-state index in [1.807, 2.05) is 6.07 Å². The average Bonchev–Trinajstić information content (AvgIpc) is 2.16. The zero-order chi connectivity index (χ0) is 9.84. The lowest BCUT2D eigenvalue weighted by Gasteiger charge is -2.01. The normalized spacial score (nSPS) is 9.31. The molecule has 0 aliphatic rings. The van der Waals surface area contributed by atoms with E-state index in [1.54, 1.807) is 25.1 Å². The highest BCUT2D eigenvalue weighted by Crippen LogP contribution is 2.20. The number of carbonyl (C=O) groups excluding carboxylic acids is 1. The average molecular weight is 238 g/mol. The van der Waals surface area contributed by atoms with Gasteiger partial charge in [-0.2, -0.15) is 5.26 Å². The highest BCUT2D eigenvalue weighted by Gasteiger charge is 2.11. The lowest BCUT2D eigenvalue weighted by molar-refractivity contribution is 0.0988. The van der Waals surface area contributed by atoms with E-state index < -0.39 is 0 Å². The van der Waals surface area contributed by atoms with Gasteiger partial charge in [0.15, 0.2) is 5.78 Å². The monoisotopic (exact) mass is 237 g/mol. The Hall–Kier alpha value is -1.14. The van der Waals surface area contributed by atoms with Crippen molar-refractivity contribution in [2.75, 3.05) is 0 Å². The molecule has 0 amide bonds.